The molecule has 1 aromatic rings. The molecule has 25 heavy (non-hydrogen) atoms. The molecule has 0 unspecified atom stereocenters. The summed E-state index contributed by atoms with van der Waals surface area (Å²) < 4.78 is 0. The molecule has 1 aromatic carbocycles. The molecule has 0 bridgehead atoms. The highest BCUT2D eigenvalue weighted by atomic mass is 16.2. The molecule has 0 aliphatic carbocycles. The fraction of sp³-hybridized carbons (Fsp3) is 0.353. The molecule has 1 aliphatic rings. The average Bonchev–Trinajstić information content (AvgIpc) is 2.74. The van der Waals surface area contributed by atoms with Gasteiger partial charge in [0.25, 0.3) is 0 Å². The Morgan fingerprint density at radius 3 is 2.28 bits per heavy atom. The van der Waals surface area contributed by atoms with E-state index in [1.54, 1.807) is 24.3 Å². The molecule has 130 valence electrons. The van der Waals surface area contributed by atoms with Gasteiger partial charge in [0.05, 0.1) is 12.5 Å². The number of imide groups is 2. The minimum absolute atomic E-state index is 0.0152. The van der Waals surface area contributed by atoms with E-state index in [9.17, 15) is 19.2 Å². The molecular formula is C17H18N4O4. The Bertz CT molecular complexity index is 749. The molecule has 0 spiro atoms. The van der Waals surface area contributed by atoms with Crippen molar-refractivity contribution in [3.05, 3.63) is 29.8 Å². The molecule has 1 fully saturated rings. The summed E-state index contributed by atoms with van der Waals surface area (Å²) in [6, 6.07) is 7.87. The highest BCUT2D eigenvalue weighted by Gasteiger charge is 2.45. The zero-order valence-electron chi connectivity index (χ0n) is 14.0. The van der Waals surface area contributed by atoms with Crippen LogP contribution in [0.3, 0.4) is 0 Å². The molecule has 1 aliphatic heterocycles. The van der Waals surface area contributed by atoms with Crippen LogP contribution in [0.25, 0.3) is 0 Å². The third-order valence-corrected chi connectivity index (χ3v) is 3.51. The monoisotopic (exact) mass is 342 g/mol. The Kier molecular flexibility index (Phi) is 5.49. The van der Waals surface area contributed by atoms with Crippen LogP contribution >= 0.6 is 0 Å². The number of amides is 5. The van der Waals surface area contributed by atoms with Crippen LogP contribution < -0.4 is 5.32 Å². The number of benzene rings is 1. The van der Waals surface area contributed by atoms with E-state index in [4.69, 9.17) is 5.26 Å². The molecule has 2 rings (SSSR count). The second-order valence-electron chi connectivity index (χ2n) is 6.06. The minimum Gasteiger partial charge on any atom is -0.325 e. The van der Waals surface area contributed by atoms with E-state index < -0.39 is 30.3 Å². The van der Waals surface area contributed by atoms with Crippen molar-refractivity contribution >= 4 is 29.4 Å². The smallest absolute Gasteiger partial charge is 0.325 e. The van der Waals surface area contributed by atoms with Crippen molar-refractivity contribution in [2.75, 3.05) is 18.4 Å². The van der Waals surface area contributed by atoms with Crippen molar-refractivity contribution in [2.24, 2.45) is 5.92 Å². The number of urea groups is 1. The standard InChI is InChI=1S/C17H18N4O4/c1-11(2)9-20-15(23)16(24)21(17(20)25)10-14(22)19-13-5-3-12(4-6-13)7-8-18/h3-6,11H,7,9-10H2,1-2H3,(H,19,22). The van der Waals surface area contributed by atoms with Gasteiger partial charge >= 0.3 is 17.8 Å². The maximum absolute atomic E-state index is 12.2. The van der Waals surface area contributed by atoms with Gasteiger partial charge in [-0.15, -0.1) is 0 Å². The van der Waals surface area contributed by atoms with E-state index in [1.165, 1.54) is 0 Å². The minimum atomic E-state index is -0.995. The van der Waals surface area contributed by atoms with Gasteiger partial charge < -0.3 is 5.32 Å². The average molecular weight is 342 g/mol. The van der Waals surface area contributed by atoms with Crippen LogP contribution in [0.1, 0.15) is 19.4 Å². The zero-order chi connectivity index (χ0) is 18.6. The number of carbonyl (C=O) groups is 4. The normalized spacial score (nSPS) is 14.2. The van der Waals surface area contributed by atoms with Crippen molar-refractivity contribution in [2.45, 2.75) is 20.3 Å². The third-order valence-electron chi connectivity index (χ3n) is 3.51. The molecule has 5 amide bonds. The van der Waals surface area contributed by atoms with Gasteiger partial charge in [-0.25, -0.2) is 9.69 Å². The van der Waals surface area contributed by atoms with Crippen LogP contribution in [0.5, 0.6) is 0 Å². The van der Waals surface area contributed by atoms with Crippen molar-refractivity contribution in [3.63, 3.8) is 0 Å². The quantitative estimate of drug-likeness (QED) is 0.615. The van der Waals surface area contributed by atoms with Crippen molar-refractivity contribution in [1.29, 1.82) is 5.26 Å². The summed E-state index contributed by atoms with van der Waals surface area (Å²) in [5.74, 6) is -2.48. The summed E-state index contributed by atoms with van der Waals surface area (Å²) >= 11 is 0. The van der Waals surface area contributed by atoms with E-state index >= 15 is 0 Å². The van der Waals surface area contributed by atoms with Crippen LogP contribution in [0.2, 0.25) is 0 Å². The Balaban J connectivity index is 2.00. The first-order chi connectivity index (χ1) is 11.8. The Morgan fingerprint density at radius 2 is 1.72 bits per heavy atom. The summed E-state index contributed by atoms with van der Waals surface area (Å²) in [6.07, 6.45) is 0.263. The van der Waals surface area contributed by atoms with Crippen molar-refractivity contribution in [1.82, 2.24) is 9.80 Å². The molecule has 1 saturated heterocycles. The number of hydrogen-bond donors (Lipinski definition) is 1. The van der Waals surface area contributed by atoms with Gasteiger partial charge in [0.15, 0.2) is 0 Å². The molecule has 0 saturated carbocycles. The summed E-state index contributed by atoms with van der Waals surface area (Å²) in [4.78, 5) is 49.5. The Labute approximate surface area is 145 Å². The van der Waals surface area contributed by atoms with Gasteiger partial charge in [-0.05, 0) is 23.6 Å². The SMILES string of the molecule is CC(C)CN1C(=O)C(=O)N(CC(=O)Nc2ccc(CC#N)cc2)C1=O. The summed E-state index contributed by atoms with van der Waals surface area (Å²) in [5, 5.41) is 11.2. The second kappa shape index (κ2) is 7.57. The molecular weight excluding hydrogens is 324 g/mol. The number of nitriles is 1. The molecule has 8 nitrogen and oxygen atoms in total. The predicted octanol–water partition coefficient (Wildman–Crippen LogP) is 1.14. The van der Waals surface area contributed by atoms with Crippen LogP contribution in [0.15, 0.2) is 24.3 Å². The Morgan fingerprint density at radius 1 is 1.12 bits per heavy atom. The topological polar surface area (TPSA) is 111 Å². The number of carbonyl (C=O) groups excluding carboxylic acids is 4. The van der Waals surface area contributed by atoms with Crippen molar-refractivity contribution in [3.8, 4) is 6.07 Å². The van der Waals surface area contributed by atoms with Gasteiger partial charge in [-0.3, -0.25) is 19.3 Å². The third kappa shape index (κ3) is 4.20. The van der Waals surface area contributed by atoms with Crippen LogP contribution in [0, 0.1) is 17.2 Å². The first-order valence-electron chi connectivity index (χ1n) is 7.76. The fourth-order valence-electron chi connectivity index (χ4n) is 2.36. The van der Waals surface area contributed by atoms with E-state index in [0.29, 0.717) is 10.6 Å². The largest absolute Gasteiger partial charge is 0.334 e. The van der Waals surface area contributed by atoms with E-state index in [1.807, 2.05) is 19.9 Å². The molecule has 1 heterocycles. The highest BCUT2D eigenvalue weighted by Crippen LogP contribution is 2.15. The fourth-order valence-corrected chi connectivity index (χ4v) is 2.36. The zero-order valence-corrected chi connectivity index (χ0v) is 14.0. The summed E-state index contributed by atoms with van der Waals surface area (Å²) in [5.41, 5.74) is 1.27. The number of nitrogens with one attached hydrogen (secondary N) is 1. The second-order valence-corrected chi connectivity index (χ2v) is 6.06. The van der Waals surface area contributed by atoms with Gasteiger partial charge in [-0.2, -0.15) is 5.26 Å². The van der Waals surface area contributed by atoms with E-state index in [0.717, 1.165) is 10.5 Å². The molecule has 0 atom stereocenters. The predicted molar refractivity (Wildman–Crippen MR) is 88.0 cm³/mol. The number of anilines is 1. The Hall–Kier alpha value is -3.21. The van der Waals surface area contributed by atoms with E-state index in [-0.39, 0.29) is 18.9 Å². The molecule has 0 radical (unpaired) electrons. The van der Waals surface area contributed by atoms with Gasteiger partial charge in [0, 0.05) is 12.2 Å². The van der Waals surface area contributed by atoms with Gasteiger partial charge in [0.2, 0.25) is 5.91 Å². The van der Waals surface area contributed by atoms with Gasteiger partial charge in [0.1, 0.15) is 6.54 Å². The van der Waals surface area contributed by atoms with Gasteiger partial charge in [-0.1, -0.05) is 26.0 Å². The number of nitrogens with zero attached hydrogens (tertiary/aromatic N) is 3. The lowest BCUT2D eigenvalue weighted by Crippen LogP contribution is -2.39. The first kappa shape index (κ1) is 18.1. The number of hydrogen-bond acceptors (Lipinski definition) is 5. The first-order valence-corrected chi connectivity index (χ1v) is 7.76. The number of rotatable bonds is 6. The molecule has 0 aromatic heterocycles. The molecule has 1 N–H and O–H groups in total. The lowest BCUT2D eigenvalue weighted by atomic mass is 10.1. The molecule has 8 heteroatoms. The lowest BCUT2D eigenvalue weighted by Gasteiger charge is -2.16. The maximum atomic E-state index is 12.2. The lowest BCUT2D eigenvalue weighted by molar-refractivity contribution is -0.143. The maximum Gasteiger partial charge on any atom is 0.334 e. The summed E-state index contributed by atoms with van der Waals surface area (Å²) in [7, 11) is 0. The highest BCUT2D eigenvalue weighted by molar-refractivity contribution is 6.45. The van der Waals surface area contributed by atoms with Crippen LogP contribution in [-0.4, -0.2) is 46.6 Å². The van der Waals surface area contributed by atoms with Crippen LogP contribution in [-0.2, 0) is 20.8 Å². The van der Waals surface area contributed by atoms with Crippen molar-refractivity contribution < 1.29 is 19.2 Å². The van der Waals surface area contributed by atoms with Crippen LogP contribution in [0.4, 0.5) is 10.5 Å². The van der Waals surface area contributed by atoms with E-state index in [2.05, 4.69) is 5.32 Å². The summed E-state index contributed by atoms with van der Waals surface area (Å²) in [6.45, 7) is 3.23.